The molecule has 3 rings (SSSR count). The largest absolute Gasteiger partial charge is 0.325 e. The molecule has 0 spiro atoms. The number of urea groups is 1. The van der Waals surface area contributed by atoms with Crippen LogP contribution in [0.4, 0.5) is 20.6 Å². The second-order valence-electron chi connectivity index (χ2n) is 7.38. The van der Waals surface area contributed by atoms with Crippen LogP contribution in [0.25, 0.3) is 0 Å². The van der Waals surface area contributed by atoms with Gasteiger partial charge in [-0.15, -0.1) is 0 Å². The first-order valence-corrected chi connectivity index (χ1v) is 9.62. The van der Waals surface area contributed by atoms with Gasteiger partial charge in [0.05, 0.1) is 5.69 Å². The van der Waals surface area contributed by atoms with Crippen molar-refractivity contribution in [3.63, 3.8) is 0 Å². The number of carbonyl (C=O) groups is 2. The first-order valence-electron chi connectivity index (χ1n) is 9.62. The van der Waals surface area contributed by atoms with Gasteiger partial charge in [-0.05, 0) is 49.9 Å². The smallest absolute Gasteiger partial charge is 0.321 e. The second kappa shape index (κ2) is 8.87. The van der Waals surface area contributed by atoms with Crippen LogP contribution >= 0.6 is 0 Å². The van der Waals surface area contributed by atoms with Crippen molar-refractivity contribution in [2.45, 2.75) is 26.7 Å². The van der Waals surface area contributed by atoms with Crippen LogP contribution in [0, 0.1) is 24.6 Å². The molecule has 0 bridgehead atoms. The van der Waals surface area contributed by atoms with Gasteiger partial charge in [-0.3, -0.25) is 4.79 Å². The standard InChI is InChI=1S/C22H26FN3O2/c1-15-7-9-18(10-8-15)24-22(28)26-13-11-17(12-14-26)16(2)21(27)25-20-6-4-3-5-19(20)23/h3-10,16-17H,11-14H2,1-2H3,(H,24,28)(H,25,27)/t16-/m1/s1. The third-order valence-electron chi connectivity index (χ3n) is 5.38. The van der Waals surface area contributed by atoms with E-state index in [0.29, 0.717) is 13.1 Å². The van der Waals surface area contributed by atoms with Gasteiger partial charge in [0.15, 0.2) is 0 Å². The number of aryl methyl sites for hydroxylation is 1. The van der Waals surface area contributed by atoms with Gasteiger partial charge in [0.25, 0.3) is 0 Å². The van der Waals surface area contributed by atoms with E-state index in [-0.39, 0.29) is 29.5 Å². The van der Waals surface area contributed by atoms with E-state index in [1.54, 1.807) is 23.1 Å². The number of rotatable bonds is 4. The Labute approximate surface area is 164 Å². The lowest BCUT2D eigenvalue weighted by molar-refractivity contribution is -0.121. The number of carbonyl (C=O) groups excluding carboxylic acids is 2. The summed E-state index contributed by atoms with van der Waals surface area (Å²) in [5, 5.41) is 5.58. The number of benzene rings is 2. The van der Waals surface area contributed by atoms with Crippen molar-refractivity contribution in [3.05, 3.63) is 59.9 Å². The van der Waals surface area contributed by atoms with Gasteiger partial charge < -0.3 is 15.5 Å². The van der Waals surface area contributed by atoms with Crippen LogP contribution in [0.1, 0.15) is 25.3 Å². The molecule has 3 amide bonds. The maximum absolute atomic E-state index is 13.7. The zero-order valence-corrected chi connectivity index (χ0v) is 16.2. The molecular weight excluding hydrogens is 357 g/mol. The molecule has 1 aliphatic heterocycles. The third-order valence-corrected chi connectivity index (χ3v) is 5.38. The highest BCUT2D eigenvalue weighted by Gasteiger charge is 2.30. The zero-order chi connectivity index (χ0) is 20.1. The predicted octanol–water partition coefficient (Wildman–Crippen LogP) is 4.65. The maximum atomic E-state index is 13.7. The topological polar surface area (TPSA) is 61.4 Å². The van der Waals surface area contributed by atoms with E-state index in [4.69, 9.17) is 0 Å². The molecule has 1 saturated heterocycles. The maximum Gasteiger partial charge on any atom is 0.321 e. The number of anilines is 2. The van der Waals surface area contributed by atoms with Crippen LogP contribution in [0.2, 0.25) is 0 Å². The van der Waals surface area contributed by atoms with Crippen LogP contribution in [0.5, 0.6) is 0 Å². The number of halogens is 1. The SMILES string of the molecule is Cc1ccc(NC(=O)N2CCC([C@@H](C)C(=O)Nc3ccccc3F)CC2)cc1. The van der Waals surface area contributed by atoms with Gasteiger partial charge in [0.2, 0.25) is 5.91 Å². The highest BCUT2D eigenvalue weighted by Crippen LogP contribution is 2.27. The summed E-state index contributed by atoms with van der Waals surface area (Å²) in [6.07, 6.45) is 1.49. The van der Waals surface area contributed by atoms with Crippen molar-refractivity contribution >= 4 is 23.3 Å². The number of amides is 3. The molecule has 1 aliphatic rings. The Hall–Kier alpha value is -2.89. The van der Waals surface area contributed by atoms with Gasteiger partial charge in [0, 0.05) is 24.7 Å². The second-order valence-corrected chi connectivity index (χ2v) is 7.38. The van der Waals surface area contributed by atoms with Crippen molar-refractivity contribution in [2.24, 2.45) is 11.8 Å². The highest BCUT2D eigenvalue weighted by atomic mass is 19.1. The fourth-order valence-electron chi connectivity index (χ4n) is 3.47. The third kappa shape index (κ3) is 4.88. The Morgan fingerprint density at radius 2 is 1.68 bits per heavy atom. The lowest BCUT2D eigenvalue weighted by atomic mass is 9.85. The summed E-state index contributed by atoms with van der Waals surface area (Å²) in [6.45, 7) is 5.06. The molecule has 2 aromatic carbocycles. The number of hydrogen-bond donors (Lipinski definition) is 2. The molecule has 28 heavy (non-hydrogen) atoms. The molecule has 1 atom stereocenters. The molecule has 0 unspecified atom stereocenters. The summed E-state index contributed by atoms with van der Waals surface area (Å²) in [4.78, 5) is 26.7. The van der Waals surface area contributed by atoms with E-state index in [1.807, 2.05) is 38.1 Å². The molecule has 5 nitrogen and oxygen atoms in total. The molecule has 0 aromatic heterocycles. The fraction of sp³-hybridized carbons (Fsp3) is 0.364. The van der Waals surface area contributed by atoms with E-state index < -0.39 is 5.82 Å². The first-order chi connectivity index (χ1) is 13.4. The Kier molecular flexibility index (Phi) is 6.29. The minimum Gasteiger partial charge on any atom is -0.325 e. The molecule has 1 fully saturated rings. The summed E-state index contributed by atoms with van der Waals surface area (Å²) in [5.74, 6) is -0.713. The Balaban J connectivity index is 1.50. The van der Waals surface area contributed by atoms with Gasteiger partial charge in [0.1, 0.15) is 5.82 Å². The average Bonchev–Trinajstić information content (AvgIpc) is 2.71. The lowest BCUT2D eigenvalue weighted by Gasteiger charge is -2.34. The fourth-order valence-corrected chi connectivity index (χ4v) is 3.47. The van der Waals surface area contributed by atoms with E-state index in [2.05, 4.69) is 10.6 Å². The molecule has 2 aromatic rings. The Morgan fingerprint density at radius 3 is 2.32 bits per heavy atom. The van der Waals surface area contributed by atoms with E-state index in [0.717, 1.165) is 24.1 Å². The van der Waals surface area contributed by atoms with Crippen LogP contribution in [-0.4, -0.2) is 29.9 Å². The zero-order valence-electron chi connectivity index (χ0n) is 16.2. The van der Waals surface area contributed by atoms with Crippen LogP contribution in [-0.2, 0) is 4.79 Å². The molecule has 2 N–H and O–H groups in total. The predicted molar refractivity (Wildman–Crippen MR) is 109 cm³/mol. The molecule has 0 saturated carbocycles. The van der Waals surface area contributed by atoms with Crippen LogP contribution < -0.4 is 10.6 Å². The first kappa shape index (κ1) is 19.9. The quantitative estimate of drug-likeness (QED) is 0.807. The monoisotopic (exact) mass is 383 g/mol. The molecule has 148 valence electrons. The molecule has 6 heteroatoms. The summed E-state index contributed by atoms with van der Waals surface area (Å²) in [5.41, 5.74) is 2.12. The minimum absolute atomic E-state index is 0.120. The summed E-state index contributed by atoms with van der Waals surface area (Å²) in [6, 6.07) is 13.7. The highest BCUT2D eigenvalue weighted by molar-refractivity contribution is 5.92. The van der Waals surface area contributed by atoms with Gasteiger partial charge in [-0.25, -0.2) is 9.18 Å². The average molecular weight is 383 g/mol. The summed E-state index contributed by atoms with van der Waals surface area (Å²) < 4.78 is 13.7. The Bertz CT molecular complexity index is 830. The molecule has 0 aliphatic carbocycles. The molecular formula is C22H26FN3O2. The summed E-state index contributed by atoms with van der Waals surface area (Å²) in [7, 11) is 0. The van der Waals surface area contributed by atoms with Crippen LogP contribution in [0.15, 0.2) is 48.5 Å². The number of likely N-dealkylation sites (tertiary alicyclic amines) is 1. The lowest BCUT2D eigenvalue weighted by Crippen LogP contribution is -2.43. The van der Waals surface area contributed by atoms with Gasteiger partial charge >= 0.3 is 6.03 Å². The van der Waals surface area contributed by atoms with E-state index in [9.17, 15) is 14.0 Å². The molecule has 0 radical (unpaired) electrons. The van der Waals surface area contributed by atoms with E-state index in [1.165, 1.54) is 6.07 Å². The number of piperidine rings is 1. The number of nitrogens with zero attached hydrogens (tertiary/aromatic N) is 1. The van der Waals surface area contributed by atoms with Crippen molar-refractivity contribution < 1.29 is 14.0 Å². The van der Waals surface area contributed by atoms with E-state index >= 15 is 0 Å². The Morgan fingerprint density at radius 1 is 1.04 bits per heavy atom. The minimum atomic E-state index is -0.439. The van der Waals surface area contributed by atoms with Crippen LogP contribution in [0.3, 0.4) is 0 Å². The van der Waals surface area contributed by atoms with Gasteiger partial charge in [-0.1, -0.05) is 36.8 Å². The number of hydrogen-bond acceptors (Lipinski definition) is 2. The van der Waals surface area contributed by atoms with Crippen molar-refractivity contribution in [2.75, 3.05) is 23.7 Å². The van der Waals surface area contributed by atoms with Crippen molar-refractivity contribution in [1.82, 2.24) is 4.90 Å². The summed E-state index contributed by atoms with van der Waals surface area (Å²) >= 11 is 0. The van der Waals surface area contributed by atoms with Crippen molar-refractivity contribution in [1.29, 1.82) is 0 Å². The number of para-hydroxylation sites is 1. The van der Waals surface area contributed by atoms with Crippen molar-refractivity contribution in [3.8, 4) is 0 Å². The van der Waals surface area contributed by atoms with Gasteiger partial charge in [-0.2, -0.15) is 0 Å². The normalized spacial score (nSPS) is 15.8. The number of nitrogens with one attached hydrogen (secondary N) is 2. The molecule has 1 heterocycles.